The highest BCUT2D eigenvalue weighted by Crippen LogP contribution is 2.42. The summed E-state index contributed by atoms with van der Waals surface area (Å²) >= 11 is 5.11. The van der Waals surface area contributed by atoms with Gasteiger partial charge in [0, 0.05) is 56.7 Å². The van der Waals surface area contributed by atoms with Crippen molar-refractivity contribution < 1.29 is 39.6 Å². The van der Waals surface area contributed by atoms with E-state index in [0.29, 0.717) is 19.5 Å². The molecule has 4 aromatic heterocycles. The Hall–Kier alpha value is -9.46. The highest BCUT2D eigenvalue weighted by Gasteiger charge is 2.20. The number of thiophene rings is 4. The lowest BCUT2D eigenvalue weighted by atomic mass is 10.0. The molecule has 0 bridgehead atoms. The summed E-state index contributed by atoms with van der Waals surface area (Å²) in [6.07, 6.45) is 9.15. The predicted molar refractivity (Wildman–Crippen MR) is 293 cm³/mol. The smallest absolute Gasteiger partial charge is 0.346 e. The van der Waals surface area contributed by atoms with Gasteiger partial charge < -0.3 is 25.3 Å². The summed E-state index contributed by atoms with van der Waals surface area (Å²) in [6, 6.07) is 35.9. The van der Waals surface area contributed by atoms with Crippen LogP contribution in [0.25, 0.3) is 57.3 Å². The number of rotatable bonds is 17. The molecule has 0 fully saturated rings. The van der Waals surface area contributed by atoms with Crippen LogP contribution in [0.3, 0.4) is 0 Å². The fourth-order valence-electron chi connectivity index (χ4n) is 7.68. The summed E-state index contributed by atoms with van der Waals surface area (Å²) in [5.74, 6) is -5.38. The molecule has 17 heteroatoms. The van der Waals surface area contributed by atoms with Gasteiger partial charge >= 0.3 is 23.9 Å². The molecule has 4 heterocycles. The molecule has 0 amide bonds. The molecule has 3 aromatic carbocycles. The van der Waals surface area contributed by atoms with E-state index in [1.165, 1.54) is 69.7 Å². The molecule has 0 saturated heterocycles. The number of aliphatic carboxylic acids is 4. The van der Waals surface area contributed by atoms with Gasteiger partial charge in [-0.2, -0.15) is 10.5 Å². The monoisotopic (exact) mass is 1050 g/mol. The Morgan fingerprint density at radius 1 is 0.527 bits per heavy atom. The second-order valence-electron chi connectivity index (χ2n) is 16.1. The van der Waals surface area contributed by atoms with Crippen LogP contribution < -0.4 is 4.90 Å². The number of benzene rings is 3. The highest BCUT2D eigenvalue weighted by molar-refractivity contribution is 7.17. The van der Waals surface area contributed by atoms with E-state index >= 15 is 0 Å². The number of nitrogens with zero attached hydrogens (tertiary/aromatic N) is 5. The molecule has 7 rings (SSSR count). The summed E-state index contributed by atoms with van der Waals surface area (Å²) in [5.41, 5.74) is 7.93. The molecule has 0 unspecified atom stereocenters. The molecule has 0 aliphatic rings. The zero-order chi connectivity index (χ0) is 53.2. The summed E-state index contributed by atoms with van der Waals surface area (Å²) < 4.78 is 0. The first kappa shape index (κ1) is 52.4. The van der Waals surface area contributed by atoms with Gasteiger partial charge in [0.2, 0.25) is 0 Å². The number of aryl methyl sites for hydroxylation is 3. The quantitative estimate of drug-likeness (QED) is 0.0383. The first-order valence-electron chi connectivity index (χ1n) is 21.7. The van der Waals surface area contributed by atoms with Crippen LogP contribution in [-0.2, 0) is 19.2 Å². The number of hydrogen-bond acceptors (Lipinski definition) is 11. The van der Waals surface area contributed by atoms with E-state index < -0.39 is 46.4 Å². The molecular weight excluding hydrogens is 1010 g/mol. The van der Waals surface area contributed by atoms with Gasteiger partial charge in [-0.3, -0.25) is 9.59 Å². The van der Waals surface area contributed by atoms with Crippen LogP contribution in [-0.4, -0.2) is 44.3 Å². The van der Waals surface area contributed by atoms with Crippen LogP contribution in [0.5, 0.6) is 0 Å². The highest BCUT2D eigenvalue weighted by atomic mass is 32.1. The third kappa shape index (κ3) is 12.3. The topological polar surface area (TPSA) is 209 Å². The van der Waals surface area contributed by atoms with Crippen molar-refractivity contribution in [2.75, 3.05) is 4.90 Å². The number of anilines is 3. The second-order valence-corrected chi connectivity index (χ2v) is 20.4. The average molecular weight is 1050 g/mol. The van der Waals surface area contributed by atoms with Gasteiger partial charge in [-0.05, 0) is 157 Å². The Bertz CT molecular complexity index is 3370. The molecule has 13 nitrogen and oxygen atoms in total. The van der Waals surface area contributed by atoms with E-state index in [2.05, 4.69) is 40.6 Å². The molecule has 0 atom stereocenters. The van der Waals surface area contributed by atoms with Crippen molar-refractivity contribution in [2.24, 2.45) is 0 Å². The van der Waals surface area contributed by atoms with Gasteiger partial charge in [0.15, 0.2) is 0 Å². The number of nitriles is 2. The second kappa shape index (κ2) is 23.2. The normalized spacial score (nSPS) is 12.3. The van der Waals surface area contributed by atoms with Crippen LogP contribution >= 0.6 is 45.3 Å². The maximum Gasteiger partial charge on any atom is 0.346 e. The summed E-state index contributed by atoms with van der Waals surface area (Å²) in [5, 5.41) is 58.7. The van der Waals surface area contributed by atoms with E-state index in [4.69, 9.17) is 13.1 Å². The molecule has 74 heavy (non-hydrogen) atoms. The van der Waals surface area contributed by atoms with E-state index in [1.807, 2.05) is 91.2 Å². The minimum absolute atomic E-state index is 0.418. The van der Waals surface area contributed by atoms with Gasteiger partial charge in [0.1, 0.15) is 23.3 Å². The Kier molecular flexibility index (Phi) is 16.4. The Morgan fingerprint density at radius 3 is 1.34 bits per heavy atom. The maximum atomic E-state index is 11.7. The van der Waals surface area contributed by atoms with Crippen molar-refractivity contribution in [3.63, 3.8) is 0 Å². The number of carboxylic acids is 4. The fourth-order valence-corrected chi connectivity index (χ4v) is 11.5. The predicted octanol–water partition coefficient (Wildman–Crippen LogP) is 14.2. The molecule has 0 saturated carbocycles. The standard InChI is InChI=1S/C57H37N5O8S4/c1-32-20-33(2)53(34(3)21-32)62(40-10-6-35(7-11-40)22-46(39-26-45(71-31-39)25-38(30-59)55(65)66)50-17-15-43(73-50)27-48(60-4)56(67)68)41-12-8-36(9-13-41)23-47(51-18-14-42(72-51)24-37(29-58)54(63)64)52-19-16-44(74-52)28-49(61-5)57(69)70/h6-28,31H,1-3H3,(H,63,64)(H,65,66)(H,67,68)(H,69,70)/b37-24+,38-25+,46-22+,47-23-,48-27-,49-28-. The molecule has 4 N–H and O–H groups in total. The first-order valence-corrected chi connectivity index (χ1v) is 25.1. The van der Waals surface area contributed by atoms with E-state index in [1.54, 1.807) is 36.4 Å². The van der Waals surface area contributed by atoms with Crippen LogP contribution in [0.2, 0.25) is 0 Å². The lowest BCUT2D eigenvalue weighted by molar-refractivity contribution is -0.133. The third-order valence-electron chi connectivity index (χ3n) is 10.9. The lowest BCUT2D eigenvalue weighted by Crippen LogP contribution is -2.13. The zero-order valence-electron chi connectivity index (χ0n) is 39.1. The van der Waals surface area contributed by atoms with Gasteiger partial charge in [-0.25, -0.2) is 19.3 Å². The number of carbonyl (C=O) groups is 4. The molecule has 362 valence electrons. The number of carboxylic acid groups (broad SMARTS) is 4. The van der Waals surface area contributed by atoms with E-state index in [0.717, 1.165) is 76.2 Å². The summed E-state index contributed by atoms with van der Waals surface area (Å²) in [7, 11) is 0. The average Bonchev–Trinajstić information content (AvgIpc) is 4.22. The molecule has 0 aliphatic carbocycles. The fraction of sp³-hybridized carbons (Fsp3) is 0.0526. The van der Waals surface area contributed by atoms with Crippen molar-refractivity contribution in [3.05, 3.63) is 221 Å². The molecule has 0 spiro atoms. The van der Waals surface area contributed by atoms with Crippen LogP contribution in [0, 0.1) is 56.6 Å². The van der Waals surface area contributed by atoms with Crippen molar-refractivity contribution in [2.45, 2.75) is 20.8 Å². The maximum absolute atomic E-state index is 11.7. The Balaban J connectivity index is 1.31. The molecule has 7 aromatic rings. The lowest BCUT2D eigenvalue weighted by Gasteiger charge is -2.29. The summed E-state index contributed by atoms with van der Waals surface area (Å²) in [6.45, 7) is 20.8. The Labute approximate surface area is 440 Å². The van der Waals surface area contributed by atoms with Crippen LogP contribution in [0.1, 0.15) is 67.5 Å². The van der Waals surface area contributed by atoms with Crippen molar-refractivity contribution in [1.82, 2.24) is 0 Å². The minimum atomic E-state index is -1.35. The van der Waals surface area contributed by atoms with Crippen molar-refractivity contribution >= 4 is 134 Å². The molecular formula is C57H37N5O8S4. The summed E-state index contributed by atoms with van der Waals surface area (Å²) in [4.78, 5) is 59.5. The van der Waals surface area contributed by atoms with E-state index in [-0.39, 0.29) is 0 Å². The van der Waals surface area contributed by atoms with Crippen molar-refractivity contribution in [3.8, 4) is 12.1 Å². The minimum Gasteiger partial charge on any atom is -0.486 e. The Morgan fingerprint density at radius 2 is 0.932 bits per heavy atom. The first-order chi connectivity index (χ1) is 35.5. The van der Waals surface area contributed by atoms with Crippen LogP contribution in [0.4, 0.5) is 17.1 Å². The SMILES string of the molecule is [C-]#[N+]/C(=C\c1ccc(/C(=C\c2ccc(N(c3ccc(/C=C(\c4csc(/C=C(\C#N)C(=O)O)c4)c4ccc(/C=C(\[N+]#[C-])C(=O)O)s4)cc3)c3c(C)cc(C)cc3C)cc2)c2ccc(/C=C(\C#N)C(=O)O)s2)s1)C(=O)O. The van der Waals surface area contributed by atoms with Crippen LogP contribution in [0.15, 0.2) is 131 Å². The van der Waals surface area contributed by atoms with E-state index in [9.17, 15) is 50.1 Å². The zero-order valence-corrected chi connectivity index (χ0v) is 42.4. The van der Waals surface area contributed by atoms with Gasteiger partial charge in [-0.15, -0.1) is 45.3 Å². The third-order valence-corrected chi connectivity index (χ3v) is 15.0. The van der Waals surface area contributed by atoms with Gasteiger partial charge in [0.05, 0.1) is 18.8 Å². The largest absolute Gasteiger partial charge is 0.486 e. The van der Waals surface area contributed by atoms with Gasteiger partial charge in [0.25, 0.3) is 11.4 Å². The molecule has 0 radical (unpaired) electrons. The van der Waals surface area contributed by atoms with Gasteiger partial charge in [-0.1, -0.05) is 42.0 Å². The molecule has 0 aliphatic heterocycles. The van der Waals surface area contributed by atoms with Crippen molar-refractivity contribution in [1.29, 1.82) is 10.5 Å². The number of hydrogen-bond donors (Lipinski definition) is 4.